The summed E-state index contributed by atoms with van der Waals surface area (Å²) in [6.45, 7) is 3.93. The Morgan fingerprint density at radius 3 is 2.83 bits per heavy atom. The molecule has 1 unspecified atom stereocenters. The van der Waals surface area contributed by atoms with Crippen molar-refractivity contribution in [3.8, 4) is 5.75 Å². The Balaban J connectivity index is 2.32. The first-order valence-corrected chi connectivity index (χ1v) is 7.17. The lowest BCUT2D eigenvalue weighted by atomic mass is 10.1. The van der Waals surface area contributed by atoms with Crippen LogP contribution in [-0.4, -0.2) is 19.5 Å². The van der Waals surface area contributed by atoms with Crippen LogP contribution in [0.1, 0.15) is 25.3 Å². The Labute approximate surface area is 120 Å². The Morgan fingerprint density at radius 1 is 1.39 bits per heavy atom. The molecule has 0 fully saturated rings. The molecule has 0 heterocycles. The number of benzene rings is 1. The summed E-state index contributed by atoms with van der Waals surface area (Å²) in [5, 5.41) is 4.14. The number of halogens is 2. The molecule has 1 aromatic carbocycles. The van der Waals surface area contributed by atoms with E-state index < -0.39 is 0 Å². The molecule has 0 aromatic heterocycles. The molecule has 1 atom stereocenters. The summed E-state index contributed by atoms with van der Waals surface area (Å²) < 4.78 is 5.30. The Bertz CT molecular complexity index is 358. The first-order chi connectivity index (χ1) is 8.67. The number of alkyl halides is 1. The summed E-state index contributed by atoms with van der Waals surface area (Å²) >= 11 is 11.7. The predicted octanol–water partition coefficient (Wildman–Crippen LogP) is 4.09. The largest absolute Gasteiger partial charge is 0.496 e. The fourth-order valence-corrected chi connectivity index (χ4v) is 2.11. The van der Waals surface area contributed by atoms with Gasteiger partial charge < -0.3 is 10.1 Å². The van der Waals surface area contributed by atoms with Crippen LogP contribution in [0.2, 0.25) is 5.02 Å². The maximum Gasteiger partial charge on any atom is 0.123 e. The molecule has 0 radical (unpaired) electrons. The standard InChI is InChI=1S/C14H21Cl2NO/c1-11(9-15)4-3-7-17-10-12-8-13(16)5-6-14(12)18-2/h5-6,8,11,17H,3-4,7,9-10H2,1-2H3. The Kier molecular flexibility index (Phi) is 7.48. The van der Waals surface area contributed by atoms with Crippen molar-refractivity contribution in [1.82, 2.24) is 5.32 Å². The molecule has 0 aliphatic heterocycles. The van der Waals surface area contributed by atoms with E-state index in [4.69, 9.17) is 27.9 Å². The van der Waals surface area contributed by atoms with E-state index in [1.165, 1.54) is 0 Å². The van der Waals surface area contributed by atoms with Gasteiger partial charge in [0.15, 0.2) is 0 Å². The molecule has 102 valence electrons. The van der Waals surface area contributed by atoms with Crippen LogP contribution in [0.5, 0.6) is 5.75 Å². The van der Waals surface area contributed by atoms with Gasteiger partial charge in [-0.3, -0.25) is 0 Å². The van der Waals surface area contributed by atoms with Crippen molar-refractivity contribution < 1.29 is 4.74 Å². The molecule has 0 amide bonds. The van der Waals surface area contributed by atoms with Gasteiger partial charge in [0, 0.05) is 23.0 Å². The van der Waals surface area contributed by atoms with Gasteiger partial charge in [-0.05, 0) is 43.5 Å². The van der Waals surface area contributed by atoms with E-state index >= 15 is 0 Å². The smallest absolute Gasteiger partial charge is 0.123 e. The minimum Gasteiger partial charge on any atom is -0.496 e. The van der Waals surface area contributed by atoms with Crippen LogP contribution in [0.15, 0.2) is 18.2 Å². The topological polar surface area (TPSA) is 21.3 Å². The highest BCUT2D eigenvalue weighted by atomic mass is 35.5. The van der Waals surface area contributed by atoms with Crippen molar-refractivity contribution in [2.45, 2.75) is 26.3 Å². The molecule has 18 heavy (non-hydrogen) atoms. The van der Waals surface area contributed by atoms with Gasteiger partial charge in [-0.2, -0.15) is 0 Å². The molecule has 0 aliphatic rings. The van der Waals surface area contributed by atoms with Gasteiger partial charge in [0.2, 0.25) is 0 Å². The van der Waals surface area contributed by atoms with E-state index in [-0.39, 0.29) is 0 Å². The van der Waals surface area contributed by atoms with Crippen LogP contribution in [0.25, 0.3) is 0 Å². The van der Waals surface area contributed by atoms with Gasteiger partial charge in [-0.25, -0.2) is 0 Å². The minimum absolute atomic E-state index is 0.592. The second-order valence-electron chi connectivity index (χ2n) is 4.53. The lowest BCUT2D eigenvalue weighted by Gasteiger charge is -2.11. The van der Waals surface area contributed by atoms with E-state index in [1.54, 1.807) is 7.11 Å². The first-order valence-electron chi connectivity index (χ1n) is 6.26. The van der Waals surface area contributed by atoms with Crippen LogP contribution in [0.3, 0.4) is 0 Å². The zero-order valence-corrected chi connectivity index (χ0v) is 12.5. The van der Waals surface area contributed by atoms with Crippen molar-refractivity contribution >= 4 is 23.2 Å². The van der Waals surface area contributed by atoms with Crippen LogP contribution >= 0.6 is 23.2 Å². The number of rotatable bonds is 8. The van der Waals surface area contributed by atoms with Crippen molar-refractivity contribution in [1.29, 1.82) is 0 Å². The zero-order valence-electron chi connectivity index (χ0n) is 11.0. The van der Waals surface area contributed by atoms with Crippen LogP contribution in [0.4, 0.5) is 0 Å². The number of ether oxygens (including phenoxy) is 1. The van der Waals surface area contributed by atoms with Gasteiger partial charge in [0.1, 0.15) is 5.75 Å². The second kappa shape index (κ2) is 8.63. The fraction of sp³-hybridized carbons (Fsp3) is 0.571. The summed E-state index contributed by atoms with van der Waals surface area (Å²) in [6.07, 6.45) is 2.29. The lowest BCUT2D eigenvalue weighted by molar-refractivity contribution is 0.407. The molecule has 1 rings (SSSR count). The number of methoxy groups -OCH3 is 1. The lowest BCUT2D eigenvalue weighted by Crippen LogP contribution is -2.16. The molecule has 0 bridgehead atoms. The third-order valence-corrected chi connectivity index (χ3v) is 3.63. The van der Waals surface area contributed by atoms with Crippen LogP contribution in [-0.2, 0) is 6.54 Å². The summed E-state index contributed by atoms with van der Waals surface area (Å²) in [5.41, 5.74) is 1.09. The van der Waals surface area contributed by atoms with E-state index in [9.17, 15) is 0 Å². The highest BCUT2D eigenvalue weighted by molar-refractivity contribution is 6.30. The normalized spacial score (nSPS) is 12.4. The monoisotopic (exact) mass is 289 g/mol. The summed E-state index contributed by atoms with van der Waals surface area (Å²) in [5.74, 6) is 2.21. The Hall–Kier alpha value is -0.440. The van der Waals surface area contributed by atoms with Crippen LogP contribution < -0.4 is 10.1 Å². The average Bonchev–Trinajstić information content (AvgIpc) is 2.38. The Morgan fingerprint density at radius 2 is 2.17 bits per heavy atom. The quantitative estimate of drug-likeness (QED) is 0.575. The fourth-order valence-electron chi connectivity index (χ4n) is 1.76. The van der Waals surface area contributed by atoms with Gasteiger partial charge in [0.25, 0.3) is 0 Å². The van der Waals surface area contributed by atoms with Crippen LogP contribution in [0, 0.1) is 5.92 Å². The van der Waals surface area contributed by atoms with Gasteiger partial charge in [-0.1, -0.05) is 18.5 Å². The molecule has 0 saturated carbocycles. The molecule has 0 spiro atoms. The maximum atomic E-state index is 5.98. The number of nitrogens with one attached hydrogen (secondary N) is 1. The minimum atomic E-state index is 0.592. The van der Waals surface area contributed by atoms with Crippen molar-refractivity contribution in [2.24, 2.45) is 5.92 Å². The maximum absolute atomic E-state index is 5.98. The summed E-state index contributed by atoms with van der Waals surface area (Å²) in [6, 6.07) is 5.68. The van der Waals surface area contributed by atoms with E-state index in [0.717, 1.165) is 48.1 Å². The van der Waals surface area contributed by atoms with Gasteiger partial charge >= 0.3 is 0 Å². The summed E-state index contributed by atoms with van der Waals surface area (Å²) in [4.78, 5) is 0. The molecule has 0 saturated heterocycles. The number of hydrogen-bond donors (Lipinski definition) is 1. The SMILES string of the molecule is COc1ccc(Cl)cc1CNCCCC(C)CCl. The predicted molar refractivity (Wildman–Crippen MR) is 78.8 cm³/mol. The van der Waals surface area contributed by atoms with Gasteiger partial charge in [-0.15, -0.1) is 11.6 Å². The molecule has 1 aromatic rings. The zero-order chi connectivity index (χ0) is 13.4. The molecule has 1 N–H and O–H groups in total. The average molecular weight is 290 g/mol. The van der Waals surface area contributed by atoms with E-state index in [1.807, 2.05) is 18.2 Å². The van der Waals surface area contributed by atoms with E-state index in [0.29, 0.717) is 5.92 Å². The van der Waals surface area contributed by atoms with Crippen molar-refractivity contribution in [3.05, 3.63) is 28.8 Å². The molecule has 2 nitrogen and oxygen atoms in total. The third-order valence-electron chi connectivity index (χ3n) is 2.87. The molecule has 0 aliphatic carbocycles. The summed E-state index contributed by atoms with van der Waals surface area (Å²) in [7, 11) is 1.68. The molecule has 4 heteroatoms. The highest BCUT2D eigenvalue weighted by Gasteiger charge is 2.04. The number of hydrogen-bond acceptors (Lipinski definition) is 2. The second-order valence-corrected chi connectivity index (χ2v) is 5.28. The molecular weight excluding hydrogens is 269 g/mol. The van der Waals surface area contributed by atoms with Crippen molar-refractivity contribution in [3.63, 3.8) is 0 Å². The highest BCUT2D eigenvalue weighted by Crippen LogP contribution is 2.22. The third kappa shape index (κ3) is 5.47. The molecular formula is C14H21Cl2NO. The van der Waals surface area contributed by atoms with Crippen molar-refractivity contribution in [2.75, 3.05) is 19.5 Å². The first kappa shape index (κ1) is 15.6. The van der Waals surface area contributed by atoms with E-state index in [2.05, 4.69) is 12.2 Å². The van der Waals surface area contributed by atoms with Gasteiger partial charge in [0.05, 0.1) is 7.11 Å².